The molecule has 2 nitrogen and oxygen atoms in total. The molecule has 12 rings (SSSR count). The Labute approximate surface area is 368 Å². The average Bonchev–Trinajstić information content (AvgIpc) is 3.88. The summed E-state index contributed by atoms with van der Waals surface area (Å²) in [5.74, 6) is 0. The zero-order chi connectivity index (χ0) is 41.7. The molecule has 10 aromatic carbocycles. The Morgan fingerprint density at radius 3 is 1.14 bits per heavy atom. The average molecular weight is 819 g/mol. The first-order chi connectivity index (χ1) is 31.3. The summed E-state index contributed by atoms with van der Waals surface area (Å²) in [5.41, 5.74) is 11.8. The van der Waals surface area contributed by atoms with E-state index in [4.69, 9.17) is 0 Å². The van der Waals surface area contributed by atoms with Crippen molar-refractivity contribution in [2.24, 2.45) is 0 Å². The molecule has 0 fully saturated rings. The van der Waals surface area contributed by atoms with E-state index in [-0.39, 0.29) is 0 Å². The molecule has 0 spiro atoms. The van der Waals surface area contributed by atoms with Gasteiger partial charge in [0.05, 0.1) is 22.1 Å². The van der Waals surface area contributed by atoms with Gasteiger partial charge in [-0.15, -0.1) is 0 Å². The molecular weight excluding hydrogens is 777 g/mol. The summed E-state index contributed by atoms with van der Waals surface area (Å²) in [6.07, 6.45) is 0. The van der Waals surface area contributed by atoms with Crippen LogP contribution >= 0.6 is 0 Å². The van der Waals surface area contributed by atoms with Crippen molar-refractivity contribution in [3.05, 3.63) is 255 Å². The molecule has 296 valence electrons. The third-order valence-corrected chi connectivity index (χ3v) is 17.8. The zero-order valence-corrected chi connectivity index (χ0v) is 35.6. The van der Waals surface area contributed by atoms with Crippen LogP contribution < -0.4 is 20.7 Å². The Kier molecular flexibility index (Phi) is 8.87. The maximum Gasteiger partial charge on any atom is 0.179 e. The topological polar surface area (TPSA) is 9.86 Å². The summed E-state index contributed by atoms with van der Waals surface area (Å²) in [7, 11) is -2.79. The number of para-hydroxylation sites is 2. The molecule has 0 aliphatic heterocycles. The van der Waals surface area contributed by atoms with Crippen molar-refractivity contribution in [3.63, 3.8) is 0 Å². The number of fused-ring (bicyclic) bond motifs is 6. The number of benzene rings is 10. The van der Waals surface area contributed by atoms with Crippen molar-refractivity contribution in [2.75, 3.05) is 0 Å². The minimum absolute atomic E-state index is 1.13. The van der Waals surface area contributed by atoms with Crippen molar-refractivity contribution in [1.82, 2.24) is 9.13 Å². The molecule has 0 saturated heterocycles. The number of rotatable bonds is 8. The van der Waals surface area contributed by atoms with Crippen LogP contribution in [0.15, 0.2) is 255 Å². The normalized spacial score (nSPS) is 11.8. The fourth-order valence-electron chi connectivity index (χ4n) is 10.3. The fraction of sp³-hybridized carbons (Fsp3) is 0. The van der Waals surface area contributed by atoms with Gasteiger partial charge in [0.1, 0.15) is 0 Å². The quantitative estimate of drug-likeness (QED) is 0.107. The molecule has 2 heterocycles. The Morgan fingerprint density at radius 1 is 0.238 bits per heavy atom. The molecule has 0 amide bonds. The zero-order valence-electron chi connectivity index (χ0n) is 34.6. The Morgan fingerprint density at radius 2 is 0.619 bits per heavy atom. The predicted octanol–water partition coefficient (Wildman–Crippen LogP) is 12.6. The summed E-state index contributed by atoms with van der Waals surface area (Å²) in [6.45, 7) is 0. The summed E-state index contributed by atoms with van der Waals surface area (Å²) in [6, 6.07) is 94.3. The van der Waals surface area contributed by atoms with Gasteiger partial charge >= 0.3 is 0 Å². The van der Waals surface area contributed by atoms with Crippen molar-refractivity contribution < 1.29 is 0 Å². The molecule has 0 atom stereocenters. The van der Waals surface area contributed by atoms with Gasteiger partial charge in [0.2, 0.25) is 0 Å². The van der Waals surface area contributed by atoms with E-state index < -0.39 is 8.07 Å². The van der Waals surface area contributed by atoms with Gasteiger partial charge in [0.15, 0.2) is 8.07 Å². The molecule has 12 aromatic rings. The van der Waals surface area contributed by atoms with Crippen molar-refractivity contribution in [2.45, 2.75) is 0 Å². The second-order valence-corrected chi connectivity index (χ2v) is 20.3. The highest BCUT2D eigenvalue weighted by Gasteiger charge is 2.41. The summed E-state index contributed by atoms with van der Waals surface area (Å²) in [5, 5.41) is 10.4. The van der Waals surface area contributed by atoms with Gasteiger partial charge in [-0.25, -0.2) is 0 Å². The summed E-state index contributed by atoms with van der Waals surface area (Å²) < 4.78 is 4.97. The van der Waals surface area contributed by atoms with Crippen LogP contribution in [0.25, 0.3) is 77.2 Å². The molecular formula is C60H42N2Si. The van der Waals surface area contributed by atoms with E-state index in [1.54, 1.807) is 0 Å². The molecule has 0 radical (unpaired) electrons. The van der Waals surface area contributed by atoms with Gasteiger partial charge in [-0.3, -0.25) is 0 Å². The summed E-state index contributed by atoms with van der Waals surface area (Å²) in [4.78, 5) is 0. The van der Waals surface area contributed by atoms with Gasteiger partial charge in [0, 0.05) is 32.9 Å². The van der Waals surface area contributed by atoms with Crippen molar-refractivity contribution in [1.29, 1.82) is 0 Å². The van der Waals surface area contributed by atoms with E-state index >= 15 is 0 Å². The number of hydrogen-bond acceptors (Lipinski definition) is 0. The lowest BCUT2D eigenvalue weighted by Gasteiger charge is -2.34. The van der Waals surface area contributed by atoms with Gasteiger partial charge in [-0.05, 0) is 85.5 Å². The van der Waals surface area contributed by atoms with Gasteiger partial charge in [-0.2, -0.15) is 0 Å². The molecule has 3 heteroatoms. The molecule has 0 saturated carbocycles. The van der Waals surface area contributed by atoms with Crippen LogP contribution in [-0.4, -0.2) is 17.2 Å². The van der Waals surface area contributed by atoms with E-state index in [0.717, 1.165) is 11.4 Å². The lowest BCUT2D eigenvalue weighted by atomic mass is 9.94. The second kappa shape index (κ2) is 15.2. The van der Waals surface area contributed by atoms with Crippen LogP contribution in [0.3, 0.4) is 0 Å². The van der Waals surface area contributed by atoms with Crippen LogP contribution in [0.4, 0.5) is 0 Å². The number of nitrogens with zero attached hydrogens (tertiary/aromatic N) is 2. The smallest absolute Gasteiger partial charge is 0.179 e. The first-order valence-electron chi connectivity index (χ1n) is 21.8. The minimum Gasteiger partial charge on any atom is -0.309 e. The lowest BCUT2D eigenvalue weighted by molar-refractivity contribution is 1.16. The SMILES string of the molecule is c1ccc(-c2ccc(-n3c4ccccc4c4ccc(-n5c6ccccc6c6ccc([Si](c7ccccc7)(c7ccccc7)c7ccccc7)cc65)cc43)cc2-c2ccccc2)cc1. The summed E-state index contributed by atoms with van der Waals surface area (Å²) >= 11 is 0. The van der Waals surface area contributed by atoms with E-state index in [1.807, 2.05) is 0 Å². The predicted molar refractivity (Wildman–Crippen MR) is 270 cm³/mol. The standard InChI is InChI=1S/C60H42N2Si/c1-6-20-43(21-7-1)51-37-34-45(40-56(51)44-22-8-2-9-23-44)61-57-32-18-16-30-52(57)54-38-35-46(41-59(54)61)62-58-33-19-17-31-53(58)55-39-36-50(42-60(55)62)63(47-24-10-3-11-25-47,48-26-12-4-13-27-48)49-28-14-5-15-29-49/h1-42H. The highest BCUT2D eigenvalue weighted by atomic mass is 28.3. The highest BCUT2D eigenvalue weighted by molar-refractivity contribution is 7.20. The largest absolute Gasteiger partial charge is 0.309 e. The second-order valence-electron chi connectivity index (χ2n) is 16.4. The monoisotopic (exact) mass is 818 g/mol. The third-order valence-electron chi connectivity index (χ3n) is 13.1. The maximum absolute atomic E-state index is 2.79. The lowest BCUT2D eigenvalue weighted by Crippen LogP contribution is -2.74. The first kappa shape index (κ1) is 36.8. The van der Waals surface area contributed by atoms with Crippen molar-refractivity contribution >= 4 is 72.4 Å². The first-order valence-corrected chi connectivity index (χ1v) is 23.8. The fourth-order valence-corrected chi connectivity index (χ4v) is 15.1. The molecule has 0 unspecified atom stereocenters. The van der Waals surface area contributed by atoms with Crippen LogP contribution in [-0.2, 0) is 0 Å². The van der Waals surface area contributed by atoms with Crippen LogP contribution in [0, 0.1) is 0 Å². The molecule has 0 aliphatic carbocycles. The minimum atomic E-state index is -2.79. The molecule has 0 bridgehead atoms. The van der Waals surface area contributed by atoms with Crippen LogP contribution in [0.2, 0.25) is 0 Å². The number of aromatic nitrogens is 2. The van der Waals surface area contributed by atoms with Crippen LogP contribution in [0.5, 0.6) is 0 Å². The highest BCUT2D eigenvalue weighted by Crippen LogP contribution is 2.39. The van der Waals surface area contributed by atoms with E-state index in [2.05, 4.69) is 264 Å². The molecule has 63 heavy (non-hydrogen) atoms. The molecule has 0 aliphatic rings. The van der Waals surface area contributed by atoms with Gasteiger partial charge < -0.3 is 9.13 Å². The third kappa shape index (κ3) is 5.93. The Balaban J connectivity index is 1.13. The maximum atomic E-state index is 2.52. The van der Waals surface area contributed by atoms with E-state index in [1.165, 1.54) is 86.6 Å². The van der Waals surface area contributed by atoms with Gasteiger partial charge in [-0.1, -0.05) is 212 Å². The van der Waals surface area contributed by atoms with Crippen LogP contribution in [0.1, 0.15) is 0 Å². The van der Waals surface area contributed by atoms with Crippen molar-refractivity contribution in [3.8, 4) is 33.6 Å². The van der Waals surface area contributed by atoms with E-state index in [9.17, 15) is 0 Å². The number of hydrogen-bond donors (Lipinski definition) is 0. The van der Waals surface area contributed by atoms with Gasteiger partial charge in [0.25, 0.3) is 0 Å². The Hall–Kier alpha value is -7.98. The molecule has 0 N–H and O–H groups in total. The Bertz CT molecular complexity index is 3500. The van der Waals surface area contributed by atoms with E-state index in [0.29, 0.717) is 0 Å². The molecule has 2 aromatic heterocycles.